The van der Waals surface area contributed by atoms with E-state index in [1.807, 2.05) is 6.92 Å². The lowest BCUT2D eigenvalue weighted by molar-refractivity contribution is -0.116. The first-order valence-electron chi connectivity index (χ1n) is 7.76. The lowest BCUT2D eigenvalue weighted by Gasteiger charge is -2.04. The molecule has 0 spiro atoms. The highest BCUT2D eigenvalue weighted by atomic mass is 35.5. The van der Waals surface area contributed by atoms with Crippen molar-refractivity contribution in [3.8, 4) is 0 Å². The van der Waals surface area contributed by atoms with Crippen LogP contribution in [0.3, 0.4) is 0 Å². The molecule has 3 rings (SSSR count). The van der Waals surface area contributed by atoms with Gasteiger partial charge in [0.1, 0.15) is 5.82 Å². The number of aryl methyl sites for hydroxylation is 2. The fourth-order valence-electron chi connectivity index (χ4n) is 2.36. The van der Waals surface area contributed by atoms with Gasteiger partial charge in [-0.15, -0.1) is 0 Å². The number of halogens is 2. The molecule has 3 aromatic rings. The minimum atomic E-state index is -0.281. The number of hydrogen-bond acceptors (Lipinski definition) is 3. The molecule has 0 saturated carbocycles. The predicted molar refractivity (Wildman–Crippen MR) is 92.9 cm³/mol. The van der Waals surface area contributed by atoms with Gasteiger partial charge in [0.05, 0.1) is 29.1 Å². The fraction of sp³-hybridized carbons (Fsp3) is 0.235. The lowest BCUT2D eigenvalue weighted by Crippen LogP contribution is -2.14. The van der Waals surface area contributed by atoms with E-state index in [1.54, 1.807) is 40.0 Å². The van der Waals surface area contributed by atoms with Crippen LogP contribution in [0.5, 0.6) is 0 Å². The third-order valence-corrected chi connectivity index (χ3v) is 4.03. The highest BCUT2D eigenvalue weighted by molar-refractivity contribution is 6.31. The van der Waals surface area contributed by atoms with Crippen molar-refractivity contribution in [2.75, 3.05) is 5.32 Å². The summed E-state index contributed by atoms with van der Waals surface area (Å²) in [6.07, 6.45) is 5.15. The zero-order valence-corrected chi connectivity index (χ0v) is 14.4. The van der Waals surface area contributed by atoms with Gasteiger partial charge in [0.25, 0.3) is 0 Å². The van der Waals surface area contributed by atoms with Crippen molar-refractivity contribution in [1.82, 2.24) is 19.6 Å². The van der Waals surface area contributed by atoms with Gasteiger partial charge in [0, 0.05) is 30.9 Å². The van der Waals surface area contributed by atoms with E-state index < -0.39 is 0 Å². The van der Waals surface area contributed by atoms with E-state index in [-0.39, 0.29) is 18.1 Å². The second-order valence-electron chi connectivity index (χ2n) is 5.64. The van der Waals surface area contributed by atoms with Crippen LogP contribution in [-0.4, -0.2) is 25.5 Å². The first kappa shape index (κ1) is 17.2. The topological polar surface area (TPSA) is 64.7 Å². The molecule has 2 aromatic heterocycles. The summed E-state index contributed by atoms with van der Waals surface area (Å²) < 4.78 is 16.9. The van der Waals surface area contributed by atoms with Crippen LogP contribution in [0.15, 0.2) is 42.9 Å². The third-order valence-electron chi connectivity index (χ3n) is 3.66. The summed E-state index contributed by atoms with van der Waals surface area (Å²) in [4.78, 5) is 12.0. The summed E-state index contributed by atoms with van der Waals surface area (Å²) in [6.45, 7) is 2.54. The quantitative estimate of drug-likeness (QED) is 0.733. The molecule has 130 valence electrons. The molecule has 2 heterocycles. The van der Waals surface area contributed by atoms with Gasteiger partial charge in [-0.25, -0.2) is 4.39 Å². The summed E-state index contributed by atoms with van der Waals surface area (Å²) in [5.74, 6) is -0.438. The molecule has 0 fully saturated rings. The number of hydrogen-bond donors (Lipinski definition) is 1. The monoisotopic (exact) mass is 361 g/mol. The molecule has 1 amide bonds. The van der Waals surface area contributed by atoms with Crippen LogP contribution in [-0.2, 0) is 17.9 Å². The molecule has 0 saturated heterocycles. The van der Waals surface area contributed by atoms with E-state index in [0.717, 1.165) is 5.69 Å². The zero-order chi connectivity index (χ0) is 17.8. The first-order valence-corrected chi connectivity index (χ1v) is 8.14. The molecule has 0 bridgehead atoms. The number of aromatic nitrogens is 4. The Kier molecular flexibility index (Phi) is 5.14. The molecule has 0 radical (unpaired) electrons. The van der Waals surface area contributed by atoms with Crippen molar-refractivity contribution in [2.24, 2.45) is 0 Å². The molecule has 0 aliphatic rings. The second-order valence-corrected chi connectivity index (χ2v) is 6.05. The van der Waals surface area contributed by atoms with Crippen LogP contribution in [0.2, 0.25) is 5.02 Å². The van der Waals surface area contributed by atoms with E-state index in [4.69, 9.17) is 11.6 Å². The Morgan fingerprint density at radius 2 is 2.08 bits per heavy atom. The molecular formula is C17H17ClFN5O. The van der Waals surface area contributed by atoms with Crippen molar-refractivity contribution in [2.45, 2.75) is 26.4 Å². The molecule has 0 aliphatic carbocycles. The summed E-state index contributed by atoms with van der Waals surface area (Å²) in [7, 11) is 0. The van der Waals surface area contributed by atoms with Gasteiger partial charge in [-0.05, 0) is 13.0 Å². The SMILES string of the molecule is Cc1nn(CCC(=O)Nc2cnn(Cc3ccccc3F)c2)cc1Cl. The third kappa shape index (κ3) is 4.45. The highest BCUT2D eigenvalue weighted by Gasteiger charge is 2.08. The van der Waals surface area contributed by atoms with E-state index in [9.17, 15) is 9.18 Å². The highest BCUT2D eigenvalue weighted by Crippen LogP contribution is 2.13. The standard InChI is InChI=1S/C17H17ClFN5O/c1-12-15(18)11-23(22-12)7-6-17(25)21-14-8-20-24(10-14)9-13-4-2-3-5-16(13)19/h2-5,8,10-11H,6-7,9H2,1H3,(H,21,25). The Morgan fingerprint density at radius 3 is 2.80 bits per heavy atom. The van der Waals surface area contributed by atoms with Crippen molar-refractivity contribution >= 4 is 23.2 Å². The second kappa shape index (κ2) is 7.48. The number of carbonyl (C=O) groups excluding carboxylic acids is 1. The van der Waals surface area contributed by atoms with Gasteiger partial charge < -0.3 is 5.32 Å². The smallest absolute Gasteiger partial charge is 0.226 e. The van der Waals surface area contributed by atoms with Crippen LogP contribution in [0, 0.1) is 12.7 Å². The zero-order valence-electron chi connectivity index (χ0n) is 13.6. The van der Waals surface area contributed by atoms with Crippen LogP contribution in [0.4, 0.5) is 10.1 Å². The Hall–Kier alpha value is -2.67. The maximum atomic E-state index is 13.7. The molecular weight excluding hydrogens is 345 g/mol. The number of rotatable bonds is 6. The minimum absolute atomic E-state index is 0.158. The largest absolute Gasteiger partial charge is 0.323 e. The molecule has 0 atom stereocenters. The van der Waals surface area contributed by atoms with Gasteiger partial charge >= 0.3 is 0 Å². The van der Waals surface area contributed by atoms with Gasteiger partial charge in [0.15, 0.2) is 0 Å². The van der Waals surface area contributed by atoms with Crippen LogP contribution in [0.1, 0.15) is 17.7 Å². The Labute approximate surface area is 149 Å². The molecule has 0 aliphatic heterocycles. The Morgan fingerprint density at radius 1 is 1.28 bits per heavy atom. The molecule has 6 nitrogen and oxygen atoms in total. The van der Waals surface area contributed by atoms with Crippen LogP contribution >= 0.6 is 11.6 Å². The maximum absolute atomic E-state index is 13.7. The maximum Gasteiger partial charge on any atom is 0.226 e. The van der Waals surface area contributed by atoms with Crippen molar-refractivity contribution in [3.63, 3.8) is 0 Å². The molecule has 0 unspecified atom stereocenters. The Balaban J connectivity index is 1.54. The van der Waals surface area contributed by atoms with E-state index >= 15 is 0 Å². The number of benzene rings is 1. The summed E-state index contributed by atoms with van der Waals surface area (Å²) in [6, 6.07) is 6.52. The van der Waals surface area contributed by atoms with Gasteiger partial charge in [-0.3, -0.25) is 14.2 Å². The number of amides is 1. The summed E-state index contributed by atoms with van der Waals surface area (Å²) in [5.41, 5.74) is 1.84. The van der Waals surface area contributed by atoms with Crippen molar-refractivity contribution < 1.29 is 9.18 Å². The molecule has 1 N–H and O–H groups in total. The van der Waals surface area contributed by atoms with E-state index in [2.05, 4.69) is 15.5 Å². The predicted octanol–water partition coefficient (Wildman–Crippen LogP) is 3.26. The first-order chi connectivity index (χ1) is 12.0. The van der Waals surface area contributed by atoms with E-state index in [1.165, 1.54) is 12.3 Å². The average molecular weight is 362 g/mol. The fourth-order valence-corrected chi connectivity index (χ4v) is 2.51. The normalized spacial score (nSPS) is 10.8. The minimum Gasteiger partial charge on any atom is -0.323 e. The van der Waals surface area contributed by atoms with Gasteiger partial charge in [0.2, 0.25) is 5.91 Å². The van der Waals surface area contributed by atoms with Crippen LogP contribution < -0.4 is 5.32 Å². The number of carbonyl (C=O) groups is 1. The lowest BCUT2D eigenvalue weighted by atomic mass is 10.2. The molecule has 25 heavy (non-hydrogen) atoms. The summed E-state index contributed by atoms with van der Waals surface area (Å²) in [5, 5.41) is 11.7. The van der Waals surface area contributed by atoms with Crippen molar-refractivity contribution in [3.05, 3.63) is 65.0 Å². The van der Waals surface area contributed by atoms with Gasteiger partial charge in [-0.2, -0.15) is 10.2 Å². The summed E-state index contributed by atoms with van der Waals surface area (Å²) >= 11 is 5.93. The van der Waals surface area contributed by atoms with Crippen LogP contribution in [0.25, 0.3) is 0 Å². The van der Waals surface area contributed by atoms with Crippen molar-refractivity contribution in [1.29, 1.82) is 0 Å². The Bertz CT molecular complexity index is 869. The number of nitrogens with one attached hydrogen (secondary N) is 1. The molecule has 8 heteroatoms. The average Bonchev–Trinajstić information content (AvgIpc) is 3.14. The molecule has 1 aromatic carbocycles. The number of nitrogens with zero attached hydrogens (tertiary/aromatic N) is 4. The number of anilines is 1. The van der Waals surface area contributed by atoms with Gasteiger partial charge in [-0.1, -0.05) is 29.8 Å². The van der Waals surface area contributed by atoms with E-state index in [0.29, 0.717) is 29.4 Å².